The quantitative estimate of drug-likeness (QED) is 0.776. The van der Waals surface area contributed by atoms with Crippen molar-refractivity contribution in [2.45, 2.75) is 38.8 Å². The summed E-state index contributed by atoms with van der Waals surface area (Å²) in [7, 11) is 0. The molecule has 1 aromatic rings. The molecule has 4 heteroatoms. The average molecular weight is 236 g/mol. The minimum atomic E-state index is 0.708. The molecule has 1 atom stereocenters. The van der Waals surface area contributed by atoms with Gasteiger partial charge in [-0.15, -0.1) is 0 Å². The molecule has 0 radical (unpaired) electrons. The van der Waals surface area contributed by atoms with E-state index in [-0.39, 0.29) is 0 Å². The molecule has 1 N–H and O–H groups in total. The van der Waals surface area contributed by atoms with Crippen molar-refractivity contribution in [3.63, 3.8) is 0 Å². The van der Waals surface area contributed by atoms with Gasteiger partial charge in [0.15, 0.2) is 0 Å². The van der Waals surface area contributed by atoms with Crippen molar-refractivity contribution in [3.05, 3.63) is 18.5 Å². The number of nitrogens with one attached hydrogen (secondary N) is 1. The first-order valence-electron chi connectivity index (χ1n) is 6.81. The van der Waals surface area contributed by atoms with E-state index in [2.05, 4.69) is 22.2 Å². The van der Waals surface area contributed by atoms with Gasteiger partial charge >= 0.3 is 0 Å². The van der Waals surface area contributed by atoms with E-state index in [1.807, 2.05) is 23.1 Å². The number of rotatable bonds is 7. The molecular weight excluding hydrogens is 212 g/mol. The van der Waals surface area contributed by atoms with Gasteiger partial charge in [0, 0.05) is 31.5 Å². The molecule has 2 heterocycles. The Bertz CT molecular complexity index is 290. The Morgan fingerprint density at radius 3 is 3.06 bits per heavy atom. The monoisotopic (exact) mass is 236 g/mol. The highest BCUT2D eigenvalue weighted by Crippen LogP contribution is 2.07. The molecule has 0 aromatic carbocycles. The van der Waals surface area contributed by atoms with E-state index in [4.69, 9.17) is 0 Å². The molecule has 96 valence electrons. The lowest BCUT2D eigenvalue weighted by Crippen LogP contribution is -2.39. The first-order chi connectivity index (χ1) is 8.38. The molecule has 1 aliphatic rings. The number of aromatic nitrogens is 2. The van der Waals surface area contributed by atoms with Gasteiger partial charge in [0.05, 0.1) is 6.54 Å². The minimum absolute atomic E-state index is 0.708. The third kappa shape index (κ3) is 4.13. The van der Waals surface area contributed by atoms with Crippen LogP contribution in [0.15, 0.2) is 18.5 Å². The van der Waals surface area contributed by atoms with Crippen LogP contribution in [-0.4, -0.2) is 46.9 Å². The summed E-state index contributed by atoms with van der Waals surface area (Å²) in [6, 6.07) is 2.70. The van der Waals surface area contributed by atoms with Crippen LogP contribution in [0.1, 0.15) is 26.2 Å². The molecule has 1 aliphatic heterocycles. The Balaban J connectivity index is 1.75. The normalized spacial score (nSPS) is 20.2. The van der Waals surface area contributed by atoms with E-state index >= 15 is 0 Å². The molecule has 0 aliphatic carbocycles. The van der Waals surface area contributed by atoms with E-state index < -0.39 is 0 Å². The van der Waals surface area contributed by atoms with Crippen LogP contribution >= 0.6 is 0 Å². The summed E-state index contributed by atoms with van der Waals surface area (Å²) in [5.74, 6) is 0. The lowest BCUT2D eigenvalue weighted by molar-refractivity contribution is 0.237. The molecule has 1 aromatic heterocycles. The lowest BCUT2D eigenvalue weighted by atomic mass is 10.2. The molecular formula is C13H24N4. The maximum Gasteiger partial charge on any atom is 0.0536 e. The van der Waals surface area contributed by atoms with Crippen molar-refractivity contribution in [2.24, 2.45) is 0 Å². The first kappa shape index (κ1) is 12.6. The lowest BCUT2D eigenvalue weighted by Gasteiger charge is -2.25. The maximum absolute atomic E-state index is 4.25. The molecule has 0 saturated carbocycles. The van der Waals surface area contributed by atoms with E-state index in [0.29, 0.717) is 6.04 Å². The van der Waals surface area contributed by atoms with Crippen LogP contribution in [0, 0.1) is 0 Å². The maximum atomic E-state index is 4.25. The van der Waals surface area contributed by atoms with E-state index in [1.54, 1.807) is 0 Å². The molecule has 0 amide bonds. The molecule has 2 rings (SSSR count). The summed E-state index contributed by atoms with van der Waals surface area (Å²) in [5.41, 5.74) is 0. The second kappa shape index (κ2) is 6.77. The second-order valence-corrected chi connectivity index (χ2v) is 4.86. The SMILES string of the molecule is CCCN(CCn1cccn1)CC1CCCN1. The van der Waals surface area contributed by atoms with Crippen molar-refractivity contribution in [1.82, 2.24) is 20.0 Å². The Morgan fingerprint density at radius 1 is 1.47 bits per heavy atom. The molecule has 1 unspecified atom stereocenters. The summed E-state index contributed by atoms with van der Waals surface area (Å²) in [6.45, 7) is 7.94. The van der Waals surface area contributed by atoms with Gasteiger partial charge < -0.3 is 5.32 Å². The van der Waals surface area contributed by atoms with Gasteiger partial charge in [0.2, 0.25) is 0 Å². The highest BCUT2D eigenvalue weighted by atomic mass is 15.3. The minimum Gasteiger partial charge on any atom is -0.313 e. The summed E-state index contributed by atoms with van der Waals surface area (Å²) in [6.07, 6.45) is 7.79. The zero-order valence-corrected chi connectivity index (χ0v) is 10.8. The number of hydrogen-bond donors (Lipinski definition) is 1. The van der Waals surface area contributed by atoms with Crippen LogP contribution < -0.4 is 5.32 Å². The zero-order valence-electron chi connectivity index (χ0n) is 10.8. The van der Waals surface area contributed by atoms with Crippen molar-refractivity contribution in [1.29, 1.82) is 0 Å². The van der Waals surface area contributed by atoms with E-state index in [9.17, 15) is 0 Å². The fraction of sp³-hybridized carbons (Fsp3) is 0.769. The summed E-state index contributed by atoms with van der Waals surface area (Å²) < 4.78 is 2.02. The summed E-state index contributed by atoms with van der Waals surface area (Å²) in [5, 5.41) is 7.83. The van der Waals surface area contributed by atoms with Crippen molar-refractivity contribution < 1.29 is 0 Å². The molecule has 1 saturated heterocycles. The van der Waals surface area contributed by atoms with Crippen molar-refractivity contribution in [2.75, 3.05) is 26.2 Å². The van der Waals surface area contributed by atoms with Gasteiger partial charge in [-0.1, -0.05) is 6.92 Å². The van der Waals surface area contributed by atoms with Gasteiger partial charge in [-0.3, -0.25) is 9.58 Å². The fourth-order valence-corrected chi connectivity index (χ4v) is 2.51. The standard InChI is InChI=1S/C13H24N4/c1-2-8-16(12-13-5-3-6-14-13)10-11-17-9-4-7-15-17/h4,7,9,13-14H,2-3,5-6,8,10-12H2,1H3. The largest absolute Gasteiger partial charge is 0.313 e. The van der Waals surface area contributed by atoms with Crippen LogP contribution in [0.5, 0.6) is 0 Å². The average Bonchev–Trinajstić information content (AvgIpc) is 2.99. The topological polar surface area (TPSA) is 33.1 Å². The molecule has 1 fully saturated rings. The molecule has 17 heavy (non-hydrogen) atoms. The van der Waals surface area contributed by atoms with Crippen LogP contribution in [0.3, 0.4) is 0 Å². The van der Waals surface area contributed by atoms with Crippen molar-refractivity contribution in [3.8, 4) is 0 Å². The van der Waals surface area contributed by atoms with E-state index in [1.165, 1.54) is 38.9 Å². The second-order valence-electron chi connectivity index (χ2n) is 4.86. The highest BCUT2D eigenvalue weighted by Gasteiger charge is 2.17. The zero-order chi connectivity index (χ0) is 11.9. The molecule has 4 nitrogen and oxygen atoms in total. The van der Waals surface area contributed by atoms with Gasteiger partial charge in [-0.25, -0.2) is 0 Å². The Morgan fingerprint density at radius 2 is 2.41 bits per heavy atom. The predicted molar refractivity (Wildman–Crippen MR) is 70.0 cm³/mol. The Hall–Kier alpha value is -0.870. The van der Waals surface area contributed by atoms with Gasteiger partial charge in [0.25, 0.3) is 0 Å². The Kier molecular flexibility index (Phi) is 5.01. The summed E-state index contributed by atoms with van der Waals surface area (Å²) in [4.78, 5) is 2.56. The third-order valence-electron chi connectivity index (χ3n) is 3.39. The number of hydrogen-bond acceptors (Lipinski definition) is 3. The van der Waals surface area contributed by atoms with E-state index in [0.717, 1.165) is 13.1 Å². The van der Waals surface area contributed by atoms with Crippen molar-refractivity contribution >= 4 is 0 Å². The smallest absolute Gasteiger partial charge is 0.0536 e. The van der Waals surface area contributed by atoms with Gasteiger partial charge in [-0.2, -0.15) is 5.10 Å². The highest BCUT2D eigenvalue weighted by molar-refractivity contribution is 4.80. The van der Waals surface area contributed by atoms with Crippen LogP contribution in [-0.2, 0) is 6.54 Å². The van der Waals surface area contributed by atoms with Crippen LogP contribution in [0.2, 0.25) is 0 Å². The molecule has 0 spiro atoms. The van der Waals surface area contributed by atoms with Gasteiger partial charge in [-0.05, 0) is 38.4 Å². The third-order valence-corrected chi connectivity index (χ3v) is 3.39. The van der Waals surface area contributed by atoms with Crippen LogP contribution in [0.4, 0.5) is 0 Å². The van der Waals surface area contributed by atoms with Gasteiger partial charge in [0.1, 0.15) is 0 Å². The molecule has 0 bridgehead atoms. The fourth-order valence-electron chi connectivity index (χ4n) is 2.51. The Labute approximate surface area is 104 Å². The first-order valence-corrected chi connectivity index (χ1v) is 6.81. The summed E-state index contributed by atoms with van der Waals surface area (Å²) >= 11 is 0. The van der Waals surface area contributed by atoms with Crippen LogP contribution in [0.25, 0.3) is 0 Å². The number of nitrogens with zero attached hydrogens (tertiary/aromatic N) is 3. The predicted octanol–water partition coefficient (Wildman–Crippen LogP) is 1.35.